The highest BCUT2D eigenvalue weighted by atomic mass is 16.2. The van der Waals surface area contributed by atoms with Gasteiger partial charge in [0, 0.05) is 6.04 Å². The van der Waals surface area contributed by atoms with Crippen molar-refractivity contribution < 1.29 is 4.79 Å². The van der Waals surface area contributed by atoms with E-state index in [9.17, 15) is 4.79 Å². The van der Waals surface area contributed by atoms with Crippen molar-refractivity contribution in [1.29, 1.82) is 0 Å². The Balaban J connectivity index is 1.80. The van der Waals surface area contributed by atoms with Gasteiger partial charge < -0.3 is 10.6 Å². The zero-order chi connectivity index (χ0) is 9.26. The van der Waals surface area contributed by atoms with Crippen molar-refractivity contribution in [2.45, 2.75) is 44.7 Å². The highest BCUT2D eigenvalue weighted by Gasteiger charge is 2.29. The molecule has 1 aliphatic carbocycles. The lowest BCUT2D eigenvalue weighted by atomic mass is 9.94. The summed E-state index contributed by atoms with van der Waals surface area (Å²) < 4.78 is 0. The molecule has 2 unspecified atom stereocenters. The van der Waals surface area contributed by atoms with Crippen LogP contribution in [0.15, 0.2) is 0 Å². The molecular formula is C10H18N2O. The Morgan fingerprint density at radius 1 is 1.38 bits per heavy atom. The standard InChI is InChI=1S/C10H18N2O/c1-7-4-5-11-9(6-7)10(13)12-8-2-3-8/h7-9,11H,2-6H2,1H3,(H,12,13). The van der Waals surface area contributed by atoms with Crippen molar-refractivity contribution in [1.82, 2.24) is 10.6 Å². The minimum Gasteiger partial charge on any atom is -0.352 e. The first-order valence-corrected chi connectivity index (χ1v) is 5.29. The summed E-state index contributed by atoms with van der Waals surface area (Å²) in [4.78, 5) is 11.6. The zero-order valence-electron chi connectivity index (χ0n) is 8.18. The fourth-order valence-corrected chi connectivity index (χ4v) is 1.84. The van der Waals surface area contributed by atoms with Crippen LogP contribution >= 0.6 is 0 Å². The van der Waals surface area contributed by atoms with E-state index in [2.05, 4.69) is 17.6 Å². The molecule has 1 amide bonds. The van der Waals surface area contributed by atoms with E-state index in [-0.39, 0.29) is 11.9 Å². The fourth-order valence-electron chi connectivity index (χ4n) is 1.84. The largest absolute Gasteiger partial charge is 0.352 e. The Kier molecular flexibility index (Phi) is 2.54. The van der Waals surface area contributed by atoms with Crippen LogP contribution in [0.2, 0.25) is 0 Å². The monoisotopic (exact) mass is 182 g/mol. The van der Waals surface area contributed by atoms with Crippen LogP contribution < -0.4 is 10.6 Å². The van der Waals surface area contributed by atoms with Gasteiger partial charge in [-0.15, -0.1) is 0 Å². The van der Waals surface area contributed by atoms with E-state index in [0.29, 0.717) is 12.0 Å². The minimum atomic E-state index is 0.0735. The Labute approximate surface area is 79.3 Å². The SMILES string of the molecule is CC1CCNC(C(=O)NC2CC2)C1. The van der Waals surface area contributed by atoms with Gasteiger partial charge in [-0.1, -0.05) is 6.92 Å². The van der Waals surface area contributed by atoms with Gasteiger partial charge in [-0.2, -0.15) is 0 Å². The summed E-state index contributed by atoms with van der Waals surface area (Å²) in [5.41, 5.74) is 0. The molecule has 0 bridgehead atoms. The molecule has 3 nitrogen and oxygen atoms in total. The lowest BCUT2D eigenvalue weighted by Gasteiger charge is -2.27. The summed E-state index contributed by atoms with van der Waals surface area (Å²) in [6, 6.07) is 0.566. The van der Waals surface area contributed by atoms with E-state index in [1.165, 1.54) is 19.3 Å². The molecule has 2 N–H and O–H groups in total. The highest BCUT2D eigenvalue weighted by molar-refractivity contribution is 5.82. The van der Waals surface area contributed by atoms with Gasteiger partial charge in [0.15, 0.2) is 0 Å². The van der Waals surface area contributed by atoms with Crippen LogP contribution in [0.25, 0.3) is 0 Å². The van der Waals surface area contributed by atoms with Gasteiger partial charge in [0.25, 0.3) is 0 Å². The van der Waals surface area contributed by atoms with Crippen molar-refractivity contribution >= 4 is 5.91 Å². The molecular weight excluding hydrogens is 164 g/mol. The third-order valence-corrected chi connectivity index (χ3v) is 2.91. The molecule has 2 atom stereocenters. The molecule has 0 aromatic rings. The normalized spacial score (nSPS) is 34.2. The summed E-state index contributed by atoms with van der Waals surface area (Å²) >= 11 is 0. The number of nitrogens with one attached hydrogen (secondary N) is 2. The summed E-state index contributed by atoms with van der Waals surface area (Å²) in [6.07, 6.45) is 4.55. The molecule has 2 fully saturated rings. The number of carbonyl (C=O) groups excluding carboxylic acids is 1. The fraction of sp³-hybridized carbons (Fsp3) is 0.900. The van der Waals surface area contributed by atoms with Crippen LogP contribution in [-0.4, -0.2) is 24.5 Å². The molecule has 0 aromatic carbocycles. The maximum Gasteiger partial charge on any atom is 0.237 e. The predicted molar refractivity (Wildman–Crippen MR) is 51.4 cm³/mol. The molecule has 2 aliphatic rings. The van der Waals surface area contributed by atoms with Gasteiger partial charge in [0.1, 0.15) is 0 Å². The van der Waals surface area contributed by atoms with Gasteiger partial charge >= 0.3 is 0 Å². The highest BCUT2D eigenvalue weighted by Crippen LogP contribution is 2.20. The predicted octanol–water partition coefficient (Wildman–Crippen LogP) is 0.653. The average molecular weight is 182 g/mol. The molecule has 74 valence electrons. The van der Waals surface area contributed by atoms with E-state index >= 15 is 0 Å². The van der Waals surface area contributed by atoms with Crippen molar-refractivity contribution in [2.75, 3.05) is 6.54 Å². The number of hydrogen-bond donors (Lipinski definition) is 2. The topological polar surface area (TPSA) is 41.1 Å². The molecule has 2 rings (SSSR count). The van der Waals surface area contributed by atoms with Gasteiger partial charge in [0.05, 0.1) is 6.04 Å². The van der Waals surface area contributed by atoms with Gasteiger partial charge in [-0.05, 0) is 38.1 Å². The number of piperidine rings is 1. The summed E-state index contributed by atoms with van der Waals surface area (Å²) in [5.74, 6) is 0.908. The summed E-state index contributed by atoms with van der Waals surface area (Å²) in [5, 5.41) is 6.31. The van der Waals surface area contributed by atoms with Crippen LogP contribution in [-0.2, 0) is 4.79 Å². The van der Waals surface area contributed by atoms with Gasteiger partial charge in [0.2, 0.25) is 5.91 Å². The van der Waals surface area contributed by atoms with E-state index in [1.54, 1.807) is 0 Å². The third kappa shape index (κ3) is 2.44. The smallest absolute Gasteiger partial charge is 0.237 e. The molecule has 3 heteroatoms. The third-order valence-electron chi connectivity index (χ3n) is 2.91. The minimum absolute atomic E-state index is 0.0735. The molecule has 13 heavy (non-hydrogen) atoms. The molecule has 0 radical (unpaired) electrons. The Morgan fingerprint density at radius 3 is 2.77 bits per heavy atom. The second-order valence-electron chi connectivity index (χ2n) is 4.42. The molecule has 0 aromatic heterocycles. The number of hydrogen-bond acceptors (Lipinski definition) is 2. The summed E-state index contributed by atoms with van der Waals surface area (Å²) in [7, 11) is 0. The van der Waals surface area contributed by atoms with Crippen molar-refractivity contribution in [3.63, 3.8) is 0 Å². The number of rotatable bonds is 2. The molecule has 1 saturated carbocycles. The van der Waals surface area contributed by atoms with Crippen LogP contribution in [0, 0.1) is 5.92 Å². The van der Waals surface area contributed by atoms with Crippen molar-refractivity contribution in [3.05, 3.63) is 0 Å². The quantitative estimate of drug-likeness (QED) is 0.658. The second kappa shape index (κ2) is 3.66. The first-order valence-electron chi connectivity index (χ1n) is 5.29. The van der Waals surface area contributed by atoms with E-state index in [0.717, 1.165) is 13.0 Å². The maximum absolute atomic E-state index is 11.6. The van der Waals surface area contributed by atoms with Crippen LogP contribution in [0.3, 0.4) is 0 Å². The Bertz CT molecular complexity index is 201. The zero-order valence-corrected chi connectivity index (χ0v) is 8.18. The van der Waals surface area contributed by atoms with Gasteiger partial charge in [-0.3, -0.25) is 4.79 Å². The maximum atomic E-state index is 11.6. The molecule has 1 heterocycles. The van der Waals surface area contributed by atoms with E-state index < -0.39 is 0 Å². The Morgan fingerprint density at radius 2 is 2.15 bits per heavy atom. The first kappa shape index (κ1) is 9.00. The molecule has 0 spiro atoms. The van der Waals surface area contributed by atoms with Crippen molar-refractivity contribution in [3.8, 4) is 0 Å². The average Bonchev–Trinajstić information content (AvgIpc) is 2.88. The summed E-state index contributed by atoms with van der Waals surface area (Å²) in [6.45, 7) is 3.21. The van der Waals surface area contributed by atoms with Crippen molar-refractivity contribution in [2.24, 2.45) is 5.92 Å². The lowest BCUT2D eigenvalue weighted by molar-refractivity contribution is -0.124. The van der Waals surface area contributed by atoms with Gasteiger partial charge in [-0.25, -0.2) is 0 Å². The van der Waals surface area contributed by atoms with E-state index in [1.807, 2.05) is 0 Å². The lowest BCUT2D eigenvalue weighted by Crippen LogP contribution is -2.48. The van der Waals surface area contributed by atoms with E-state index in [4.69, 9.17) is 0 Å². The molecule has 1 aliphatic heterocycles. The first-order chi connectivity index (χ1) is 6.25. The second-order valence-corrected chi connectivity index (χ2v) is 4.42. The van der Waals surface area contributed by atoms with Crippen LogP contribution in [0.4, 0.5) is 0 Å². The molecule has 1 saturated heterocycles. The number of carbonyl (C=O) groups is 1. The number of amides is 1. The van der Waals surface area contributed by atoms with Crippen LogP contribution in [0.5, 0.6) is 0 Å². The Hall–Kier alpha value is -0.570. The van der Waals surface area contributed by atoms with Crippen LogP contribution in [0.1, 0.15) is 32.6 Å².